The van der Waals surface area contributed by atoms with Crippen molar-refractivity contribution in [3.05, 3.63) is 10.7 Å². The summed E-state index contributed by atoms with van der Waals surface area (Å²) in [6.07, 6.45) is 2.99. The molecule has 0 aliphatic carbocycles. The highest BCUT2D eigenvalue weighted by molar-refractivity contribution is 9.11. The average molecular weight is 250 g/mol. The van der Waals surface area contributed by atoms with Gasteiger partial charge in [-0.3, -0.25) is 9.79 Å². The second-order valence-corrected chi connectivity index (χ2v) is 3.10. The van der Waals surface area contributed by atoms with Gasteiger partial charge in [0.25, 0.3) is 5.91 Å². The summed E-state index contributed by atoms with van der Waals surface area (Å²) in [6.45, 7) is 0. The molecule has 1 unspecified atom stereocenters. The standard InChI is InChI=1S/C6H4BrN3O.ClH/c7-3-1-8-6(11)5-4(3)9-2-10-5;/h1-2,4H,(H,8,11);1H. The van der Waals surface area contributed by atoms with Gasteiger partial charge in [-0.25, -0.2) is 4.99 Å². The summed E-state index contributed by atoms with van der Waals surface area (Å²) in [7, 11) is 0. The van der Waals surface area contributed by atoms with Gasteiger partial charge in [-0.15, -0.1) is 12.4 Å². The van der Waals surface area contributed by atoms with Crippen molar-refractivity contribution in [3.8, 4) is 0 Å². The first-order valence-electron chi connectivity index (χ1n) is 3.05. The summed E-state index contributed by atoms with van der Waals surface area (Å²) >= 11 is 3.27. The van der Waals surface area contributed by atoms with E-state index in [1.54, 1.807) is 6.20 Å². The fraction of sp³-hybridized carbons (Fsp3) is 0.167. The summed E-state index contributed by atoms with van der Waals surface area (Å²) in [5.41, 5.74) is 0.458. The van der Waals surface area contributed by atoms with E-state index in [0.717, 1.165) is 4.48 Å². The second-order valence-electron chi connectivity index (χ2n) is 2.18. The molecular weight excluding hydrogens is 245 g/mol. The van der Waals surface area contributed by atoms with E-state index in [4.69, 9.17) is 0 Å². The van der Waals surface area contributed by atoms with Crippen LogP contribution < -0.4 is 5.32 Å². The van der Waals surface area contributed by atoms with Gasteiger partial charge in [-0.05, 0) is 0 Å². The quantitative estimate of drug-likeness (QED) is 0.673. The van der Waals surface area contributed by atoms with Gasteiger partial charge in [0, 0.05) is 10.7 Å². The Morgan fingerprint density at radius 1 is 1.58 bits per heavy atom. The van der Waals surface area contributed by atoms with E-state index >= 15 is 0 Å². The van der Waals surface area contributed by atoms with Gasteiger partial charge in [0.05, 0.1) is 0 Å². The molecular formula is C6H5BrClN3O. The summed E-state index contributed by atoms with van der Waals surface area (Å²) < 4.78 is 0.838. The van der Waals surface area contributed by atoms with Crippen LogP contribution in [-0.4, -0.2) is 24.0 Å². The molecule has 1 amide bonds. The number of nitrogens with one attached hydrogen (secondary N) is 1. The van der Waals surface area contributed by atoms with Crippen LogP contribution in [0.5, 0.6) is 0 Å². The highest BCUT2D eigenvalue weighted by Crippen LogP contribution is 2.20. The lowest BCUT2D eigenvalue weighted by molar-refractivity contribution is -0.114. The molecule has 0 bridgehead atoms. The van der Waals surface area contributed by atoms with Gasteiger partial charge >= 0.3 is 0 Å². The van der Waals surface area contributed by atoms with Crippen LogP contribution in [0.4, 0.5) is 0 Å². The van der Waals surface area contributed by atoms with Crippen molar-refractivity contribution in [1.29, 1.82) is 0 Å². The molecule has 0 spiro atoms. The van der Waals surface area contributed by atoms with Crippen LogP contribution in [0.2, 0.25) is 0 Å². The monoisotopic (exact) mass is 249 g/mol. The van der Waals surface area contributed by atoms with Crippen LogP contribution in [0.3, 0.4) is 0 Å². The molecule has 1 N–H and O–H groups in total. The zero-order valence-corrected chi connectivity index (χ0v) is 8.22. The van der Waals surface area contributed by atoms with Gasteiger partial charge in [0.1, 0.15) is 18.1 Å². The molecule has 0 saturated heterocycles. The third-order valence-electron chi connectivity index (χ3n) is 1.51. The Morgan fingerprint density at radius 3 is 3.00 bits per heavy atom. The van der Waals surface area contributed by atoms with E-state index in [1.807, 2.05) is 0 Å². The fourth-order valence-corrected chi connectivity index (χ4v) is 1.42. The molecule has 0 fully saturated rings. The molecule has 0 aromatic carbocycles. The third-order valence-corrected chi connectivity index (χ3v) is 2.17. The molecule has 0 aromatic heterocycles. The average Bonchev–Trinajstić information content (AvgIpc) is 2.45. The maximum absolute atomic E-state index is 11.0. The van der Waals surface area contributed by atoms with Crippen LogP contribution in [0, 0.1) is 0 Å². The maximum Gasteiger partial charge on any atom is 0.272 e. The Kier molecular flexibility index (Phi) is 2.64. The molecule has 2 heterocycles. The summed E-state index contributed by atoms with van der Waals surface area (Å²) in [5.74, 6) is -0.171. The zero-order chi connectivity index (χ0) is 7.84. The molecule has 0 saturated carbocycles. The number of nitrogens with zero attached hydrogens (tertiary/aromatic N) is 2. The summed E-state index contributed by atoms with van der Waals surface area (Å²) in [6, 6.07) is -0.205. The largest absolute Gasteiger partial charge is 0.327 e. The lowest BCUT2D eigenvalue weighted by atomic mass is 10.1. The van der Waals surface area contributed by atoms with Crippen molar-refractivity contribution in [3.63, 3.8) is 0 Å². The Hall–Kier alpha value is -0.680. The van der Waals surface area contributed by atoms with E-state index in [2.05, 4.69) is 31.2 Å². The van der Waals surface area contributed by atoms with E-state index in [1.165, 1.54) is 6.34 Å². The predicted molar refractivity (Wildman–Crippen MR) is 52.1 cm³/mol. The lowest BCUT2D eigenvalue weighted by Crippen LogP contribution is -2.38. The Bertz CT molecular complexity index is 310. The normalized spacial score (nSPS) is 25.1. The van der Waals surface area contributed by atoms with E-state index in [0.29, 0.717) is 5.71 Å². The first-order chi connectivity index (χ1) is 5.29. The molecule has 64 valence electrons. The SMILES string of the molecule is Cl.O=C1NC=C(Br)C2N=CN=C12. The number of amides is 1. The van der Waals surface area contributed by atoms with Crippen LogP contribution in [-0.2, 0) is 4.79 Å². The Labute approximate surface area is 83.4 Å². The highest BCUT2D eigenvalue weighted by atomic mass is 79.9. The second kappa shape index (κ2) is 3.37. The third kappa shape index (κ3) is 1.30. The van der Waals surface area contributed by atoms with Crippen molar-refractivity contribution in [2.24, 2.45) is 9.98 Å². The molecule has 4 nitrogen and oxygen atoms in total. The molecule has 12 heavy (non-hydrogen) atoms. The molecule has 2 aliphatic heterocycles. The number of carbonyl (C=O) groups is 1. The number of rotatable bonds is 0. The smallest absolute Gasteiger partial charge is 0.272 e. The Balaban J connectivity index is 0.000000720. The van der Waals surface area contributed by atoms with Gasteiger partial charge in [-0.2, -0.15) is 0 Å². The van der Waals surface area contributed by atoms with Crippen molar-refractivity contribution in [2.75, 3.05) is 0 Å². The molecule has 2 rings (SSSR count). The van der Waals surface area contributed by atoms with E-state index < -0.39 is 0 Å². The van der Waals surface area contributed by atoms with Crippen molar-refractivity contribution < 1.29 is 4.79 Å². The fourth-order valence-electron chi connectivity index (χ4n) is 0.975. The van der Waals surface area contributed by atoms with Crippen molar-refractivity contribution >= 4 is 46.3 Å². The van der Waals surface area contributed by atoms with Crippen molar-refractivity contribution in [1.82, 2.24) is 5.32 Å². The first kappa shape index (κ1) is 9.41. The van der Waals surface area contributed by atoms with E-state index in [9.17, 15) is 4.79 Å². The van der Waals surface area contributed by atoms with Gasteiger partial charge < -0.3 is 5.32 Å². The Morgan fingerprint density at radius 2 is 2.33 bits per heavy atom. The highest BCUT2D eigenvalue weighted by Gasteiger charge is 2.30. The minimum Gasteiger partial charge on any atom is -0.327 e. The van der Waals surface area contributed by atoms with Gasteiger partial charge in [0.15, 0.2) is 0 Å². The number of fused-ring (bicyclic) bond motifs is 1. The van der Waals surface area contributed by atoms with Crippen LogP contribution >= 0.6 is 28.3 Å². The summed E-state index contributed by atoms with van der Waals surface area (Å²) in [5, 5.41) is 2.54. The lowest BCUT2D eigenvalue weighted by Gasteiger charge is -2.14. The van der Waals surface area contributed by atoms with Crippen LogP contribution in [0.15, 0.2) is 20.7 Å². The minimum absolute atomic E-state index is 0. The molecule has 6 heteroatoms. The van der Waals surface area contributed by atoms with Gasteiger partial charge in [0.2, 0.25) is 0 Å². The van der Waals surface area contributed by atoms with Crippen LogP contribution in [0.25, 0.3) is 0 Å². The number of halogens is 2. The van der Waals surface area contributed by atoms with Crippen LogP contribution in [0.1, 0.15) is 0 Å². The minimum atomic E-state index is -0.205. The molecule has 1 atom stereocenters. The maximum atomic E-state index is 11.0. The molecule has 2 aliphatic rings. The van der Waals surface area contributed by atoms with Crippen molar-refractivity contribution in [2.45, 2.75) is 6.04 Å². The number of hydrogen-bond donors (Lipinski definition) is 1. The van der Waals surface area contributed by atoms with E-state index in [-0.39, 0.29) is 24.4 Å². The van der Waals surface area contributed by atoms with Gasteiger partial charge in [-0.1, -0.05) is 15.9 Å². The number of aliphatic imine (C=N–C) groups is 2. The zero-order valence-electron chi connectivity index (χ0n) is 5.82. The number of hydrogen-bond acceptors (Lipinski definition) is 3. The topological polar surface area (TPSA) is 53.8 Å². The number of carbonyl (C=O) groups excluding carboxylic acids is 1. The first-order valence-corrected chi connectivity index (χ1v) is 3.84. The molecule has 0 radical (unpaired) electrons. The predicted octanol–water partition coefficient (Wildman–Crippen LogP) is 0.626. The summed E-state index contributed by atoms with van der Waals surface area (Å²) in [4.78, 5) is 18.8. The molecule has 0 aromatic rings.